The lowest BCUT2D eigenvalue weighted by Gasteiger charge is -2.05. The fourth-order valence-corrected chi connectivity index (χ4v) is 1.97. The molecule has 0 heterocycles. The van der Waals surface area contributed by atoms with Crippen LogP contribution in [0.5, 0.6) is 0 Å². The Kier molecular flexibility index (Phi) is 6.85. The van der Waals surface area contributed by atoms with Crippen LogP contribution in [0, 0.1) is 5.92 Å². The molecule has 2 N–H and O–H groups in total. The van der Waals surface area contributed by atoms with Gasteiger partial charge in [0.05, 0.1) is 0 Å². The minimum absolute atomic E-state index is 0.248. The molecule has 0 spiro atoms. The van der Waals surface area contributed by atoms with Gasteiger partial charge in [-0.05, 0) is 37.3 Å². The van der Waals surface area contributed by atoms with Gasteiger partial charge in [0.25, 0.3) is 0 Å². The van der Waals surface area contributed by atoms with Gasteiger partial charge >= 0.3 is 0 Å². The van der Waals surface area contributed by atoms with Crippen molar-refractivity contribution < 1.29 is 4.79 Å². The van der Waals surface area contributed by atoms with Gasteiger partial charge < -0.3 is 10.6 Å². The van der Waals surface area contributed by atoms with Gasteiger partial charge in [-0.15, -0.1) is 0 Å². The van der Waals surface area contributed by atoms with Gasteiger partial charge in [0, 0.05) is 19.0 Å². The molecule has 0 saturated heterocycles. The number of rotatable bonds is 9. The molecule has 0 aromatic rings. The maximum Gasteiger partial charge on any atom is 0.223 e. The number of amides is 1. The molecule has 0 aromatic heterocycles. The number of hydrogen-bond donors (Lipinski definition) is 2. The Morgan fingerprint density at radius 1 is 1.33 bits per heavy atom. The largest absolute Gasteiger partial charge is 0.355 e. The van der Waals surface area contributed by atoms with Gasteiger partial charge in [0.15, 0.2) is 0 Å². The first kappa shape index (κ1) is 12.8. The normalized spacial score (nSPS) is 15.3. The van der Waals surface area contributed by atoms with Crippen LogP contribution in [0.3, 0.4) is 0 Å². The Labute approximate surface area is 96.8 Å². The van der Waals surface area contributed by atoms with Crippen LogP contribution < -0.4 is 10.6 Å². The summed E-state index contributed by atoms with van der Waals surface area (Å²) in [6, 6.07) is 0. The summed E-state index contributed by atoms with van der Waals surface area (Å²) >= 11 is 1.98. The van der Waals surface area contributed by atoms with Crippen LogP contribution in [0.1, 0.15) is 26.2 Å². The molecule has 0 aromatic carbocycles. The summed E-state index contributed by atoms with van der Waals surface area (Å²) in [5.41, 5.74) is 0. The first-order valence-corrected chi connectivity index (χ1v) is 7.06. The van der Waals surface area contributed by atoms with Crippen molar-refractivity contribution in [2.45, 2.75) is 26.2 Å². The summed E-state index contributed by atoms with van der Waals surface area (Å²) in [6.07, 6.45) is 3.40. The van der Waals surface area contributed by atoms with Crippen LogP contribution in [0.4, 0.5) is 0 Å². The van der Waals surface area contributed by atoms with E-state index in [1.54, 1.807) is 0 Å². The Morgan fingerprint density at radius 2 is 2.13 bits per heavy atom. The fourth-order valence-electron chi connectivity index (χ4n) is 1.33. The van der Waals surface area contributed by atoms with Gasteiger partial charge in [0.2, 0.25) is 5.91 Å². The predicted molar refractivity (Wildman–Crippen MR) is 66.2 cm³/mol. The monoisotopic (exact) mass is 230 g/mol. The van der Waals surface area contributed by atoms with Crippen molar-refractivity contribution in [3.05, 3.63) is 0 Å². The zero-order valence-corrected chi connectivity index (χ0v) is 10.4. The maximum absolute atomic E-state index is 11.2. The Bertz CT molecular complexity index is 183. The molecular formula is C11H22N2OS. The molecular weight excluding hydrogens is 208 g/mol. The van der Waals surface area contributed by atoms with Crippen molar-refractivity contribution in [1.29, 1.82) is 0 Å². The molecule has 3 nitrogen and oxygen atoms in total. The van der Waals surface area contributed by atoms with Gasteiger partial charge in [0.1, 0.15) is 0 Å². The third-order valence-corrected chi connectivity index (χ3v) is 3.38. The van der Waals surface area contributed by atoms with Gasteiger partial charge in [-0.25, -0.2) is 0 Å². The molecule has 0 atom stereocenters. The summed E-state index contributed by atoms with van der Waals surface area (Å²) in [6.45, 7) is 4.92. The molecule has 1 saturated carbocycles. The van der Waals surface area contributed by atoms with E-state index in [9.17, 15) is 4.79 Å². The highest BCUT2D eigenvalue weighted by atomic mass is 32.2. The summed E-state index contributed by atoms with van der Waals surface area (Å²) in [4.78, 5) is 11.2. The average Bonchev–Trinajstić information content (AvgIpc) is 3.05. The molecule has 4 heteroatoms. The summed E-state index contributed by atoms with van der Waals surface area (Å²) in [5.74, 6) is 3.03. The third kappa shape index (κ3) is 6.79. The Hall–Kier alpha value is -0.220. The summed E-state index contributed by atoms with van der Waals surface area (Å²) < 4.78 is 0. The van der Waals surface area contributed by atoms with E-state index in [1.807, 2.05) is 11.8 Å². The standard InChI is InChI=1S/C11H22N2OS/c1-2-15-9-3-6-12-7-8-13-11(14)10-4-5-10/h10,12H,2-9H2,1H3,(H,13,14). The number of thioether (sulfide) groups is 1. The average molecular weight is 230 g/mol. The maximum atomic E-state index is 11.2. The molecule has 88 valence electrons. The van der Waals surface area contributed by atoms with Gasteiger partial charge in [-0.1, -0.05) is 6.92 Å². The Balaban J connectivity index is 1.74. The third-order valence-electron chi connectivity index (χ3n) is 2.40. The molecule has 1 fully saturated rings. The highest BCUT2D eigenvalue weighted by molar-refractivity contribution is 7.99. The molecule has 1 amide bonds. The minimum Gasteiger partial charge on any atom is -0.355 e. The van der Waals surface area contributed by atoms with Crippen molar-refractivity contribution in [2.24, 2.45) is 5.92 Å². The summed E-state index contributed by atoms with van der Waals surface area (Å²) in [7, 11) is 0. The lowest BCUT2D eigenvalue weighted by molar-refractivity contribution is -0.122. The zero-order valence-electron chi connectivity index (χ0n) is 9.55. The van der Waals surface area contributed by atoms with E-state index >= 15 is 0 Å². The van der Waals surface area contributed by atoms with Crippen LogP contribution in [0.15, 0.2) is 0 Å². The number of carbonyl (C=O) groups is 1. The van der Waals surface area contributed by atoms with Crippen LogP contribution in [-0.2, 0) is 4.79 Å². The van der Waals surface area contributed by atoms with Crippen molar-refractivity contribution in [3.8, 4) is 0 Å². The SMILES string of the molecule is CCSCCCNCCNC(=O)C1CC1. The smallest absolute Gasteiger partial charge is 0.223 e. The van der Waals surface area contributed by atoms with Gasteiger partial charge in [-0.2, -0.15) is 11.8 Å². The quantitative estimate of drug-likeness (QED) is 0.586. The summed E-state index contributed by atoms with van der Waals surface area (Å²) in [5, 5.41) is 6.27. The van der Waals surface area contributed by atoms with Crippen molar-refractivity contribution in [3.63, 3.8) is 0 Å². The Morgan fingerprint density at radius 3 is 2.80 bits per heavy atom. The van der Waals surface area contributed by atoms with Crippen LogP contribution in [0.2, 0.25) is 0 Å². The van der Waals surface area contributed by atoms with E-state index in [2.05, 4.69) is 17.6 Å². The molecule has 0 bridgehead atoms. The molecule has 15 heavy (non-hydrogen) atoms. The van der Waals surface area contributed by atoms with Crippen LogP contribution in [-0.4, -0.2) is 37.0 Å². The highest BCUT2D eigenvalue weighted by Crippen LogP contribution is 2.28. The molecule has 1 aliphatic carbocycles. The van der Waals surface area contributed by atoms with E-state index in [1.165, 1.54) is 17.9 Å². The highest BCUT2D eigenvalue weighted by Gasteiger charge is 2.28. The number of hydrogen-bond acceptors (Lipinski definition) is 3. The first-order chi connectivity index (χ1) is 7.34. The fraction of sp³-hybridized carbons (Fsp3) is 0.909. The number of carbonyl (C=O) groups excluding carboxylic acids is 1. The van der Waals surface area contributed by atoms with Crippen molar-refractivity contribution in [1.82, 2.24) is 10.6 Å². The lowest BCUT2D eigenvalue weighted by atomic mass is 10.4. The second kappa shape index (κ2) is 7.99. The van der Waals surface area contributed by atoms with Gasteiger partial charge in [-0.3, -0.25) is 4.79 Å². The van der Waals surface area contributed by atoms with E-state index in [0.717, 1.165) is 32.5 Å². The molecule has 0 radical (unpaired) electrons. The molecule has 1 aliphatic rings. The second-order valence-electron chi connectivity index (χ2n) is 3.87. The molecule has 0 unspecified atom stereocenters. The van der Waals surface area contributed by atoms with Crippen molar-refractivity contribution >= 4 is 17.7 Å². The van der Waals surface area contributed by atoms with E-state index in [4.69, 9.17) is 0 Å². The molecule has 0 aliphatic heterocycles. The topological polar surface area (TPSA) is 41.1 Å². The first-order valence-electron chi connectivity index (χ1n) is 5.90. The number of nitrogens with one attached hydrogen (secondary N) is 2. The zero-order chi connectivity index (χ0) is 10.9. The predicted octanol–water partition coefficient (Wildman–Crippen LogP) is 1.25. The van der Waals surface area contributed by atoms with Crippen molar-refractivity contribution in [2.75, 3.05) is 31.1 Å². The van der Waals surface area contributed by atoms with Crippen LogP contribution >= 0.6 is 11.8 Å². The molecule has 1 rings (SSSR count). The van der Waals surface area contributed by atoms with Crippen LogP contribution in [0.25, 0.3) is 0 Å². The second-order valence-corrected chi connectivity index (χ2v) is 5.26. The van der Waals surface area contributed by atoms with E-state index < -0.39 is 0 Å². The van der Waals surface area contributed by atoms with E-state index in [0.29, 0.717) is 5.92 Å². The lowest BCUT2D eigenvalue weighted by Crippen LogP contribution is -2.33. The minimum atomic E-state index is 0.248. The van der Waals surface area contributed by atoms with E-state index in [-0.39, 0.29) is 5.91 Å².